The SMILES string of the molecule is O=[NH+][O-].[Tm]. The molecule has 4 heteroatoms. The summed E-state index contributed by atoms with van der Waals surface area (Å²) >= 11 is 0. The van der Waals surface area contributed by atoms with Crippen molar-refractivity contribution in [1.82, 2.24) is 0 Å². The van der Waals surface area contributed by atoms with Crippen LogP contribution < -0.4 is 5.34 Å². The van der Waals surface area contributed by atoms with Crippen LogP contribution in [0.15, 0.2) is 0 Å². The summed E-state index contributed by atoms with van der Waals surface area (Å²) in [5, 5.41) is 8.38. The Labute approximate surface area is 52.1 Å². The average molecular weight is 216 g/mol. The van der Waals surface area contributed by atoms with Gasteiger partial charge < -0.3 is 0 Å². The molecule has 0 aromatic rings. The van der Waals surface area contributed by atoms with Crippen molar-refractivity contribution in [2.75, 3.05) is 0 Å². The van der Waals surface area contributed by atoms with E-state index in [4.69, 9.17) is 10.1 Å². The van der Waals surface area contributed by atoms with Crippen molar-refractivity contribution in [2.45, 2.75) is 0 Å². The van der Waals surface area contributed by atoms with E-state index in [1.165, 1.54) is 0 Å². The van der Waals surface area contributed by atoms with Gasteiger partial charge in [0.05, 0.1) is 0 Å². The third kappa shape index (κ3) is 17.5. The van der Waals surface area contributed by atoms with E-state index in [9.17, 15) is 0 Å². The maximum atomic E-state index is 8.12. The zero-order valence-corrected chi connectivity index (χ0v) is 3.37. The summed E-state index contributed by atoms with van der Waals surface area (Å²) in [7, 11) is 0. The van der Waals surface area contributed by atoms with Crippen molar-refractivity contribution in [1.29, 1.82) is 0 Å². The van der Waals surface area contributed by atoms with E-state index >= 15 is 0 Å². The Balaban J connectivity index is 0. The van der Waals surface area contributed by atoms with E-state index in [-0.39, 0.29) is 42.2 Å². The van der Waals surface area contributed by atoms with Crippen LogP contribution in [0.1, 0.15) is 0 Å². The van der Waals surface area contributed by atoms with Crippen LogP contribution in [0, 0.1) is 47.0 Å². The first kappa shape index (κ1) is 8.82. The molecule has 1 N–H and O–H groups in total. The van der Waals surface area contributed by atoms with Gasteiger partial charge in [0, 0.05) is 42.2 Å². The van der Waals surface area contributed by atoms with Gasteiger partial charge in [0.2, 0.25) is 0 Å². The Morgan fingerprint density at radius 3 is 1.75 bits per heavy atom. The molecule has 0 bridgehead atoms. The van der Waals surface area contributed by atoms with Crippen LogP contribution in [0.4, 0.5) is 0 Å². The summed E-state index contributed by atoms with van der Waals surface area (Å²) < 4.78 is 0. The smallest absolute Gasteiger partial charge is 0.00366 e. The van der Waals surface area contributed by atoms with Crippen molar-refractivity contribution in [2.24, 2.45) is 0 Å². The van der Waals surface area contributed by atoms with E-state index in [1.54, 1.807) is 0 Å². The molecule has 0 aliphatic heterocycles. The maximum Gasteiger partial charge on any atom is 0.00366 e. The molecule has 0 atom stereocenters. The fraction of sp³-hybridized carbons (Fsp3) is 0. The molecule has 0 saturated heterocycles. The van der Waals surface area contributed by atoms with Gasteiger partial charge in [-0.2, -0.15) is 0 Å². The maximum absolute atomic E-state index is 8.12. The van der Waals surface area contributed by atoms with Gasteiger partial charge in [0.25, 0.3) is 0 Å². The second kappa shape index (κ2) is 9.44. The van der Waals surface area contributed by atoms with Gasteiger partial charge in [-0.25, -0.2) is 0 Å². The minimum Gasteiger partial charge on any atom is -0.267 e. The van der Waals surface area contributed by atoms with Gasteiger partial charge in [-0.15, -0.1) is 0 Å². The van der Waals surface area contributed by atoms with Gasteiger partial charge in [-0.05, 0) is 0 Å². The predicted molar refractivity (Wildman–Crippen MR) is 7.70 cm³/mol. The standard InChI is InChI=1S/HNO2.Tm/c2-1-3;/h1H;. The molecular weight excluding hydrogens is 215 g/mol. The molecule has 0 saturated carbocycles. The van der Waals surface area contributed by atoms with Crippen molar-refractivity contribution in [3.05, 3.63) is 10.1 Å². The minimum atomic E-state index is 0. The number of hydrogen-bond acceptors (Lipinski definition) is 2. The van der Waals surface area contributed by atoms with Gasteiger partial charge in [0.1, 0.15) is 0 Å². The molecule has 1 radical (unpaired) electrons. The summed E-state index contributed by atoms with van der Waals surface area (Å²) in [5.74, 6) is 0. The Kier molecular flexibility index (Phi) is 20.8. The Morgan fingerprint density at radius 1 is 1.75 bits per heavy atom. The van der Waals surface area contributed by atoms with Crippen LogP contribution >= 0.6 is 0 Å². The summed E-state index contributed by atoms with van der Waals surface area (Å²) in [6.07, 6.45) is 0. The molecule has 0 amide bonds. The summed E-state index contributed by atoms with van der Waals surface area (Å²) in [6, 6.07) is 0. The van der Waals surface area contributed by atoms with E-state index in [2.05, 4.69) is 0 Å². The molecule has 0 spiro atoms. The predicted octanol–water partition coefficient (Wildman–Crippen LogP) is -1.67. The monoisotopic (exact) mass is 216 g/mol. The van der Waals surface area contributed by atoms with Crippen molar-refractivity contribution < 1.29 is 42.2 Å². The first-order chi connectivity index (χ1) is 1.41. The Morgan fingerprint density at radius 2 is 1.75 bits per heavy atom. The van der Waals surface area contributed by atoms with Crippen molar-refractivity contribution >= 4 is 0 Å². The van der Waals surface area contributed by atoms with Crippen LogP contribution in [0.2, 0.25) is 0 Å². The fourth-order valence-electron chi connectivity index (χ4n) is 0. The largest absolute Gasteiger partial charge is 0.267 e. The van der Waals surface area contributed by atoms with Crippen LogP contribution in [0.5, 0.6) is 0 Å². The second-order valence-corrected chi connectivity index (χ2v) is 0.0833. The molecule has 0 unspecified atom stereocenters. The minimum absolute atomic E-state index is 0. The zero-order chi connectivity index (χ0) is 2.71. The molecule has 0 aliphatic carbocycles. The average Bonchev–Trinajstić information content (AvgIpc) is 0.918. The van der Waals surface area contributed by atoms with E-state index in [0.29, 0.717) is 0 Å². The first-order valence-corrected chi connectivity index (χ1v) is 0.408. The van der Waals surface area contributed by atoms with E-state index in [0.717, 1.165) is 0 Å². The number of nitrogens with one attached hydrogen (secondary N) is 1. The Bertz CT molecular complexity index is 13.5. The second-order valence-electron chi connectivity index (χ2n) is 0.0833. The van der Waals surface area contributed by atoms with Crippen molar-refractivity contribution in [3.8, 4) is 0 Å². The molecule has 0 heterocycles. The van der Waals surface area contributed by atoms with Crippen LogP contribution in [0.3, 0.4) is 0 Å². The molecule has 0 fully saturated rings. The molecule has 0 aliphatic rings. The summed E-state index contributed by atoms with van der Waals surface area (Å²) in [4.78, 5) is 8.12. The number of rotatable bonds is 0. The van der Waals surface area contributed by atoms with Crippen LogP contribution in [0.25, 0.3) is 0 Å². The van der Waals surface area contributed by atoms with Crippen molar-refractivity contribution in [3.63, 3.8) is 0 Å². The van der Waals surface area contributed by atoms with E-state index in [1.807, 2.05) is 0 Å². The molecule has 31 valence electrons. The number of hydrogen-bond donors (Lipinski definition) is 1. The topological polar surface area (TPSA) is 54.1 Å². The van der Waals surface area contributed by atoms with Gasteiger partial charge in [-0.3, -0.25) is 10.1 Å². The Hall–Kier alpha value is 0.634. The van der Waals surface area contributed by atoms with Gasteiger partial charge in [0.15, 0.2) is 0 Å². The molecule has 0 aromatic carbocycles. The molecular formula is HNO2Tm. The van der Waals surface area contributed by atoms with Crippen LogP contribution in [-0.4, -0.2) is 0 Å². The van der Waals surface area contributed by atoms with Gasteiger partial charge in [-0.1, -0.05) is 0 Å². The first-order valence-electron chi connectivity index (χ1n) is 0.408. The van der Waals surface area contributed by atoms with Gasteiger partial charge >= 0.3 is 0 Å². The molecule has 0 rings (SSSR count). The molecule has 4 heavy (non-hydrogen) atoms. The summed E-state index contributed by atoms with van der Waals surface area (Å²) in [5.41, 5.74) is 0. The zero-order valence-electron chi connectivity index (χ0n) is 1.59. The van der Waals surface area contributed by atoms with E-state index < -0.39 is 0 Å². The quantitative estimate of drug-likeness (QED) is 0.388. The summed E-state index contributed by atoms with van der Waals surface area (Å²) in [6.45, 7) is 0. The molecule has 3 nitrogen and oxygen atoms in total. The normalized spacial score (nSPS) is 3.00. The van der Waals surface area contributed by atoms with Crippen LogP contribution in [-0.2, 0) is 0 Å². The molecule has 0 aromatic heterocycles. The fourth-order valence-corrected chi connectivity index (χ4v) is 0. The third-order valence-electron chi connectivity index (χ3n) is 0. The third-order valence-corrected chi connectivity index (χ3v) is 0.